The molecule has 0 saturated carbocycles. The van der Waals surface area contributed by atoms with Crippen LogP contribution in [0.5, 0.6) is 10.9 Å². The lowest BCUT2D eigenvalue weighted by Gasteiger charge is -2.08. The second-order valence-corrected chi connectivity index (χ2v) is 4.43. The average Bonchev–Trinajstić information content (AvgIpc) is 2.67. The molecule has 0 bridgehead atoms. The molecule has 5 heteroatoms. The highest BCUT2D eigenvalue weighted by Crippen LogP contribution is 2.30. The Morgan fingerprint density at radius 1 is 1.41 bits per heavy atom. The van der Waals surface area contributed by atoms with E-state index in [4.69, 9.17) is 9.84 Å². The summed E-state index contributed by atoms with van der Waals surface area (Å²) in [5.41, 5.74) is 1.78. The fraction of sp³-hybridized carbons (Fsp3) is 0.167. The number of hydrogen-bond donors (Lipinski definition) is 1. The minimum atomic E-state index is -1.00. The first-order valence-electron chi connectivity index (χ1n) is 5.01. The van der Waals surface area contributed by atoms with Crippen LogP contribution in [0.1, 0.15) is 21.6 Å². The summed E-state index contributed by atoms with van der Waals surface area (Å²) in [5.74, 6) is -0.647. The fourth-order valence-electron chi connectivity index (χ4n) is 1.42. The van der Waals surface area contributed by atoms with Crippen molar-refractivity contribution in [3.63, 3.8) is 0 Å². The smallest absolute Gasteiger partial charge is 0.339 e. The standard InChI is InChI=1S/C12H11NO3S/c1-7-4-3-5-9(11(14)15)10(7)16-12-13-8(2)6-17-12/h3-6H,1-2H3,(H,14,15). The number of rotatable bonds is 3. The maximum Gasteiger partial charge on any atom is 0.339 e. The third kappa shape index (κ3) is 2.45. The van der Waals surface area contributed by atoms with E-state index >= 15 is 0 Å². The number of ether oxygens (including phenoxy) is 1. The number of aromatic nitrogens is 1. The second kappa shape index (κ2) is 4.55. The van der Waals surface area contributed by atoms with E-state index in [1.807, 2.05) is 25.3 Å². The maximum absolute atomic E-state index is 11.1. The Morgan fingerprint density at radius 2 is 2.18 bits per heavy atom. The van der Waals surface area contributed by atoms with Gasteiger partial charge in [0.1, 0.15) is 11.3 Å². The summed E-state index contributed by atoms with van der Waals surface area (Å²) < 4.78 is 5.55. The van der Waals surface area contributed by atoms with E-state index in [2.05, 4.69) is 4.98 Å². The van der Waals surface area contributed by atoms with Crippen molar-refractivity contribution in [2.75, 3.05) is 0 Å². The minimum Gasteiger partial charge on any atom is -0.478 e. The molecule has 88 valence electrons. The van der Waals surface area contributed by atoms with Gasteiger partial charge in [-0.3, -0.25) is 0 Å². The third-order valence-corrected chi connectivity index (χ3v) is 3.06. The normalized spacial score (nSPS) is 10.2. The van der Waals surface area contributed by atoms with Crippen LogP contribution in [0.25, 0.3) is 0 Å². The number of carboxylic acid groups (broad SMARTS) is 1. The number of nitrogens with zero attached hydrogens (tertiary/aromatic N) is 1. The molecule has 0 fully saturated rings. The van der Waals surface area contributed by atoms with Gasteiger partial charge in [0.05, 0.1) is 5.69 Å². The van der Waals surface area contributed by atoms with Crippen LogP contribution < -0.4 is 4.74 Å². The monoisotopic (exact) mass is 249 g/mol. The molecule has 2 rings (SSSR count). The van der Waals surface area contributed by atoms with Gasteiger partial charge in [-0.25, -0.2) is 9.78 Å². The van der Waals surface area contributed by atoms with Gasteiger partial charge in [-0.05, 0) is 25.5 Å². The number of para-hydroxylation sites is 1. The zero-order valence-corrected chi connectivity index (χ0v) is 10.2. The van der Waals surface area contributed by atoms with E-state index in [-0.39, 0.29) is 5.56 Å². The molecule has 1 heterocycles. The highest BCUT2D eigenvalue weighted by molar-refractivity contribution is 7.11. The number of benzene rings is 1. The van der Waals surface area contributed by atoms with Crippen molar-refractivity contribution in [2.45, 2.75) is 13.8 Å². The highest BCUT2D eigenvalue weighted by Gasteiger charge is 2.15. The van der Waals surface area contributed by atoms with Gasteiger partial charge in [0.15, 0.2) is 0 Å². The van der Waals surface area contributed by atoms with Crippen LogP contribution >= 0.6 is 11.3 Å². The van der Waals surface area contributed by atoms with E-state index < -0.39 is 5.97 Å². The van der Waals surface area contributed by atoms with Crippen molar-refractivity contribution in [1.82, 2.24) is 4.98 Å². The number of aromatic carboxylic acids is 1. The maximum atomic E-state index is 11.1. The van der Waals surface area contributed by atoms with E-state index in [1.54, 1.807) is 6.07 Å². The van der Waals surface area contributed by atoms with Crippen LogP contribution in [-0.2, 0) is 0 Å². The fourth-order valence-corrected chi connectivity index (χ4v) is 2.08. The van der Waals surface area contributed by atoms with Crippen LogP contribution in [0.2, 0.25) is 0 Å². The highest BCUT2D eigenvalue weighted by atomic mass is 32.1. The van der Waals surface area contributed by atoms with E-state index in [0.29, 0.717) is 10.9 Å². The van der Waals surface area contributed by atoms with Gasteiger partial charge in [0.25, 0.3) is 5.19 Å². The summed E-state index contributed by atoms with van der Waals surface area (Å²) in [4.78, 5) is 15.2. The van der Waals surface area contributed by atoms with Gasteiger partial charge in [-0.1, -0.05) is 23.5 Å². The molecule has 1 aromatic heterocycles. The third-order valence-electron chi connectivity index (χ3n) is 2.23. The van der Waals surface area contributed by atoms with Crippen molar-refractivity contribution in [3.8, 4) is 10.9 Å². The molecule has 0 amide bonds. The number of hydrogen-bond acceptors (Lipinski definition) is 4. The predicted molar refractivity (Wildman–Crippen MR) is 65.1 cm³/mol. The largest absolute Gasteiger partial charge is 0.478 e. The summed E-state index contributed by atoms with van der Waals surface area (Å²) in [7, 11) is 0. The summed E-state index contributed by atoms with van der Waals surface area (Å²) in [5, 5.41) is 11.4. The molecule has 4 nitrogen and oxygen atoms in total. The molecular formula is C12H11NO3S. The molecule has 0 aliphatic heterocycles. The molecule has 2 aromatic rings. The molecule has 0 saturated heterocycles. The van der Waals surface area contributed by atoms with Gasteiger partial charge in [-0.2, -0.15) is 0 Å². The van der Waals surface area contributed by atoms with E-state index in [9.17, 15) is 4.79 Å². The Labute approximate surface area is 103 Å². The Balaban J connectivity index is 2.40. The first-order chi connectivity index (χ1) is 8.08. The number of thiazole rings is 1. The summed E-state index contributed by atoms with van der Waals surface area (Å²) in [6, 6.07) is 5.02. The molecular weight excluding hydrogens is 238 g/mol. The van der Waals surface area contributed by atoms with Gasteiger partial charge in [0, 0.05) is 5.38 Å². The number of aryl methyl sites for hydroxylation is 2. The lowest BCUT2D eigenvalue weighted by Crippen LogP contribution is -2.01. The Kier molecular flexibility index (Phi) is 3.10. The van der Waals surface area contributed by atoms with Gasteiger partial charge in [-0.15, -0.1) is 0 Å². The van der Waals surface area contributed by atoms with E-state index in [0.717, 1.165) is 11.3 Å². The van der Waals surface area contributed by atoms with Crippen LogP contribution in [0, 0.1) is 13.8 Å². The van der Waals surface area contributed by atoms with Gasteiger partial charge < -0.3 is 9.84 Å². The Hall–Kier alpha value is -1.88. The SMILES string of the molecule is Cc1csc(Oc2c(C)cccc2C(=O)O)n1. The molecule has 0 atom stereocenters. The molecule has 0 spiro atoms. The summed E-state index contributed by atoms with van der Waals surface area (Å²) >= 11 is 1.35. The minimum absolute atomic E-state index is 0.151. The van der Waals surface area contributed by atoms with Crippen LogP contribution in [0.15, 0.2) is 23.6 Å². The Bertz CT molecular complexity index is 563. The average molecular weight is 249 g/mol. The first kappa shape index (κ1) is 11.6. The van der Waals surface area contributed by atoms with Crippen molar-refractivity contribution in [2.24, 2.45) is 0 Å². The quantitative estimate of drug-likeness (QED) is 0.907. The van der Waals surface area contributed by atoms with Gasteiger partial charge in [0.2, 0.25) is 0 Å². The zero-order valence-electron chi connectivity index (χ0n) is 9.43. The van der Waals surface area contributed by atoms with E-state index in [1.165, 1.54) is 17.4 Å². The first-order valence-corrected chi connectivity index (χ1v) is 5.89. The predicted octanol–water partition coefficient (Wildman–Crippen LogP) is 3.25. The van der Waals surface area contributed by atoms with Crippen molar-refractivity contribution in [1.29, 1.82) is 0 Å². The van der Waals surface area contributed by atoms with Crippen molar-refractivity contribution < 1.29 is 14.6 Å². The summed E-state index contributed by atoms with van der Waals surface area (Å²) in [6.07, 6.45) is 0. The number of carbonyl (C=O) groups is 1. The van der Waals surface area contributed by atoms with Gasteiger partial charge >= 0.3 is 5.97 Å². The molecule has 0 radical (unpaired) electrons. The Morgan fingerprint density at radius 3 is 2.76 bits per heavy atom. The zero-order chi connectivity index (χ0) is 12.4. The topological polar surface area (TPSA) is 59.4 Å². The van der Waals surface area contributed by atoms with Crippen LogP contribution in [-0.4, -0.2) is 16.1 Å². The lowest BCUT2D eigenvalue weighted by atomic mass is 10.1. The van der Waals surface area contributed by atoms with Crippen LogP contribution in [0.4, 0.5) is 0 Å². The molecule has 0 aliphatic carbocycles. The lowest BCUT2D eigenvalue weighted by molar-refractivity contribution is 0.0694. The molecule has 0 unspecified atom stereocenters. The second-order valence-electron chi connectivity index (χ2n) is 3.61. The summed E-state index contributed by atoms with van der Waals surface area (Å²) in [6.45, 7) is 3.67. The molecule has 0 aliphatic rings. The molecule has 17 heavy (non-hydrogen) atoms. The van der Waals surface area contributed by atoms with Crippen molar-refractivity contribution >= 4 is 17.3 Å². The molecule has 1 aromatic carbocycles. The molecule has 1 N–H and O–H groups in total. The van der Waals surface area contributed by atoms with Crippen LogP contribution in [0.3, 0.4) is 0 Å². The van der Waals surface area contributed by atoms with Crippen molar-refractivity contribution in [3.05, 3.63) is 40.4 Å². The number of carboxylic acids is 1.